The molecule has 1 N–H and O–H groups in total. The SMILES string of the molecule is CCCOc1ccc(C(=O)N/N=C\c2ccccc2OCc2ccc(C)cc2)cc1. The van der Waals surface area contributed by atoms with Gasteiger partial charge in [-0.1, -0.05) is 48.9 Å². The Bertz CT molecular complexity index is 980. The van der Waals surface area contributed by atoms with Crippen LogP contribution in [-0.4, -0.2) is 18.7 Å². The standard InChI is InChI=1S/C25H26N2O3/c1-3-16-29-23-14-12-21(13-15-23)25(28)27-26-17-22-6-4-5-7-24(22)30-18-20-10-8-19(2)9-11-20/h4-15,17H,3,16,18H2,1-2H3,(H,27,28)/b26-17-. The van der Waals surface area contributed by atoms with E-state index < -0.39 is 0 Å². The van der Waals surface area contributed by atoms with Crippen LogP contribution in [0.2, 0.25) is 0 Å². The van der Waals surface area contributed by atoms with Crippen LogP contribution in [0.3, 0.4) is 0 Å². The van der Waals surface area contributed by atoms with E-state index >= 15 is 0 Å². The lowest BCUT2D eigenvalue weighted by Gasteiger charge is -2.09. The highest BCUT2D eigenvalue weighted by Gasteiger charge is 2.05. The molecule has 0 aromatic heterocycles. The maximum Gasteiger partial charge on any atom is 0.271 e. The van der Waals surface area contributed by atoms with Gasteiger partial charge >= 0.3 is 0 Å². The summed E-state index contributed by atoms with van der Waals surface area (Å²) in [4.78, 5) is 12.3. The van der Waals surface area contributed by atoms with Gasteiger partial charge in [-0.3, -0.25) is 4.79 Å². The fraction of sp³-hybridized carbons (Fsp3) is 0.200. The van der Waals surface area contributed by atoms with E-state index in [1.54, 1.807) is 30.5 Å². The molecule has 3 aromatic carbocycles. The minimum Gasteiger partial charge on any atom is -0.494 e. The predicted molar refractivity (Wildman–Crippen MR) is 119 cm³/mol. The second-order valence-electron chi connectivity index (χ2n) is 6.88. The molecule has 3 aromatic rings. The molecule has 0 bridgehead atoms. The number of para-hydroxylation sites is 1. The summed E-state index contributed by atoms with van der Waals surface area (Å²) in [7, 11) is 0. The fourth-order valence-electron chi connectivity index (χ4n) is 2.71. The number of aryl methyl sites for hydroxylation is 1. The third kappa shape index (κ3) is 6.21. The second kappa shape index (κ2) is 10.8. The largest absolute Gasteiger partial charge is 0.494 e. The second-order valence-corrected chi connectivity index (χ2v) is 6.88. The van der Waals surface area contributed by atoms with Gasteiger partial charge in [-0.15, -0.1) is 0 Å². The van der Waals surface area contributed by atoms with Gasteiger partial charge in [-0.25, -0.2) is 5.43 Å². The average molecular weight is 402 g/mol. The van der Waals surface area contributed by atoms with Gasteiger partial charge < -0.3 is 9.47 Å². The first-order valence-electron chi connectivity index (χ1n) is 9.99. The summed E-state index contributed by atoms with van der Waals surface area (Å²) < 4.78 is 11.5. The molecule has 5 nitrogen and oxygen atoms in total. The van der Waals surface area contributed by atoms with Crippen LogP contribution in [0.15, 0.2) is 77.9 Å². The first-order chi connectivity index (χ1) is 14.7. The number of nitrogens with zero attached hydrogens (tertiary/aromatic N) is 1. The molecule has 0 spiro atoms. The monoisotopic (exact) mass is 402 g/mol. The highest BCUT2D eigenvalue weighted by molar-refractivity contribution is 5.95. The highest BCUT2D eigenvalue weighted by atomic mass is 16.5. The highest BCUT2D eigenvalue weighted by Crippen LogP contribution is 2.18. The summed E-state index contributed by atoms with van der Waals surface area (Å²) in [6.07, 6.45) is 2.52. The van der Waals surface area contributed by atoms with E-state index in [1.165, 1.54) is 5.56 Å². The van der Waals surface area contributed by atoms with E-state index in [4.69, 9.17) is 9.47 Å². The van der Waals surface area contributed by atoms with E-state index in [1.807, 2.05) is 43.3 Å². The molecule has 0 unspecified atom stereocenters. The maximum atomic E-state index is 12.3. The van der Waals surface area contributed by atoms with Crippen molar-refractivity contribution in [2.45, 2.75) is 26.9 Å². The van der Waals surface area contributed by atoms with E-state index in [2.05, 4.69) is 29.6 Å². The van der Waals surface area contributed by atoms with E-state index in [-0.39, 0.29) is 5.91 Å². The van der Waals surface area contributed by atoms with Crippen LogP contribution in [0.4, 0.5) is 0 Å². The number of rotatable bonds is 9. The summed E-state index contributed by atoms with van der Waals surface area (Å²) in [6.45, 7) is 5.22. The number of carbonyl (C=O) groups excluding carboxylic acids is 1. The van der Waals surface area contributed by atoms with Gasteiger partial charge in [0, 0.05) is 11.1 Å². The van der Waals surface area contributed by atoms with Crippen LogP contribution < -0.4 is 14.9 Å². The van der Waals surface area contributed by atoms with Crippen molar-refractivity contribution >= 4 is 12.1 Å². The topological polar surface area (TPSA) is 59.9 Å². The van der Waals surface area contributed by atoms with Gasteiger partial charge in [-0.05, 0) is 55.3 Å². The van der Waals surface area contributed by atoms with Crippen LogP contribution >= 0.6 is 0 Å². The lowest BCUT2D eigenvalue weighted by molar-refractivity contribution is 0.0955. The molecular weight excluding hydrogens is 376 g/mol. The van der Waals surface area contributed by atoms with Gasteiger partial charge in [-0.2, -0.15) is 5.10 Å². The molecule has 0 fully saturated rings. The van der Waals surface area contributed by atoms with Gasteiger partial charge in [0.25, 0.3) is 5.91 Å². The first-order valence-corrected chi connectivity index (χ1v) is 9.99. The molecule has 1 amide bonds. The Hall–Kier alpha value is -3.60. The molecule has 0 aliphatic rings. The van der Waals surface area contributed by atoms with Gasteiger partial charge in [0.05, 0.1) is 12.8 Å². The van der Waals surface area contributed by atoms with Crippen LogP contribution in [-0.2, 0) is 6.61 Å². The van der Waals surface area contributed by atoms with Crippen LogP contribution in [0, 0.1) is 6.92 Å². The summed E-state index contributed by atoms with van der Waals surface area (Å²) in [5.41, 5.74) is 6.15. The number of nitrogens with one attached hydrogen (secondary N) is 1. The fourth-order valence-corrected chi connectivity index (χ4v) is 2.71. The molecule has 0 atom stereocenters. The van der Waals surface area contributed by atoms with Crippen LogP contribution in [0.25, 0.3) is 0 Å². The maximum absolute atomic E-state index is 12.3. The Kier molecular flexibility index (Phi) is 7.61. The average Bonchev–Trinajstić information content (AvgIpc) is 2.78. The Morgan fingerprint density at radius 2 is 1.70 bits per heavy atom. The van der Waals surface area contributed by atoms with Crippen LogP contribution in [0.1, 0.15) is 40.4 Å². The van der Waals surface area contributed by atoms with Crippen molar-refractivity contribution in [3.63, 3.8) is 0 Å². The van der Waals surface area contributed by atoms with Gasteiger partial charge in [0.15, 0.2) is 0 Å². The molecule has 30 heavy (non-hydrogen) atoms. The minimum atomic E-state index is -0.286. The van der Waals surface area contributed by atoms with E-state index in [0.717, 1.165) is 23.3 Å². The third-order valence-electron chi connectivity index (χ3n) is 4.39. The summed E-state index contributed by atoms with van der Waals surface area (Å²) in [5, 5.41) is 4.08. The lowest BCUT2D eigenvalue weighted by Crippen LogP contribution is -2.17. The molecular formula is C25H26N2O3. The zero-order valence-electron chi connectivity index (χ0n) is 17.3. The van der Waals surface area contributed by atoms with Gasteiger partial charge in [0.1, 0.15) is 18.1 Å². The smallest absolute Gasteiger partial charge is 0.271 e. The predicted octanol–water partition coefficient (Wildman–Crippen LogP) is 5.13. The quantitative estimate of drug-likeness (QED) is 0.399. The molecule has 0 aliphatic heterocycles. The number of benzene rings is 3. The molecule has 0 aliphatic carbocycles. The number of carbonyl (C=O) groups is 1. The van der Waals surface area contributed by atoms with Crippen molar-refractivity contribution in [1.82, 2.24) is 5.43 Å². The molecule has 0 saturated heterocycles. The van der Waals surface area contributed by atoms with Gasteiger partial charge in [0.2, 0.25) is 0 Å². The summed E-state index contributed by atoms with van der Waals surface area (Å²) in [5.74, 6) is 1.16. The van der Waals surface area contributed by atoms with Crippen molar-refractivity contribution in [3.05, 3.63) is 95.1 Å². The third-order valence-corrected chi connectivity index (χ3v) is 4.39. The van der Waals surface area contributed by atoms with E-state index in [0.29, 0.717) is 24.5 Å². The zero-order chi connectivity index (χ0) is 21.2. The number of ether oxygens (including phenoxy) is 2. The Morgan fingerprint density at radius 3 is 2.43 bits per heavy atom. The molecule has 5 heteroatoms. The Morgan fingerprint density at radius 1 is 0.967 bits per heavy atom. The van der Waals surface area contributed by atoms with Crippen molar-refractivity contribution in [2.75, 3.05) is 6.61 Å². The molecule has 154 valence electrons. The van der Waals surface area contributed by atoms with Crippen molar-refractivity contribution in [1.29, 1.82) is 0 Å². The van der Waals surface area contributed by atoms with Crippen molar-refractivity contribution in [3.8, 4) is 11.5 Å². The van der Waals surface area contributed by atoms with Crippen LogP contribution in [0.5, 0.6) is 11.5 Å². The molecule has 0 saturated carbocycles. The minimum absolute atomic E-state index is 0.286. The first kappa shape index (κ1) is 21.1. The molecule has 3 rings (SSSR count). The van der Waals surface area contributed by atoms with E-state index in [9.17, 15) is 4.79 Å². The Balaban J connectivity index is 1.58. The summed E-state index contributed by atoms with van der Waals surface area (Å²) >= 11 is 0. The van der Waals surface area contributed by atoms with Crippen molar-refractivity contribution in [2.24, 2.45) is 5.10 Å². The molecule has 0 heterocycles. The molecule has 0 radical (unpaired) electrons. The number of hydrogen-bond donors (Lipinski definition) is 1. The Labute approximate surface area is 177 Å². The zero-order valence-corrected chi connectivity index (χ0v) is 17.3. The summed E-state index contributed by atoms with van der Waals surface area (Å²) in [6, 6.07) is 22.8. The lowest BCUT2D eigenvalue weighted by atomic mass is 10.1. The van der Waals surface area contributed by atoms with Crippen molar-refractivity contribution < 1.29 is 14.3 Å². The normalized spacial score (nSPS) is 10.7. The number of hydrogen-bond acceptors (Lipinski definition) is 4. The number of hydrazone groups is 1. The number of amides is 1.